The number of imidazole rings is 1. The van der Waals surface area contributed by atoms with Crippen molar-refractivity contribution < 1.29 is 4.98 Å². The van der Waals surface area contributed by atoms with Gasteiger partial charge in [0.1, 0.15) is 11.4 Å². The second kappa shape index (κ2) is 3.97. The number of fused-ring (bicyclic) bond motifs is 1. The first-order valence-corrected chi connectivity index (χ1v) is 6.26. The Bertz CT molecular complexity index is 315. The fourth-order valence-corrected chi connectivity index (χ4v) is 2.82. The highest BCUT2D eigenvalue weighted by Crippen LogP contribution is 2.16. The van der Waals surface area contributed by atoms with Crippen molar-refractivity contribution in [3.8, 4) is 0 Å². The molecule has 0 bridgehead atoms. The number of nitrogens with zero attached hydrogens (tertiary/aromatic N) is 1. The lowest BCUT2D eigenvalue weighted by molar-refractivity contribution is -0.399. The number of likely N-dealkylation sites (tertiary alicyclic amines) is 1. The number of nitrogens with one attached hydrogen (secondary N) is 2. The van der Waals surface area contributed by atoms with Gasteiger partial charge in [0.2, 0.25) is 0 Å². The van der Waals surface area contributed by atoms with E-state index in [0.29, 0.717) is 0 Å². The van der Waals surface area contributed by atoms with Crippen LogP contribution >= 0.6 is 0 Å². The number of rotatable bonds is 3. The highest BCUT2D eigenvalue weighted by atomic mass is 15.1. The van der Waals surface area contributed by atoms with E-state index < -0.39 is 0 Å². The van der Waals surface area contributed by atoms with Gasteiger partial charge < -0.3 is 4.90 Å². The zero-order chi connectivity index (χ0) is 10.1. The summed E-state index contributed by atoms with van der Waals surface area (Å²) in [6, 6.07) is 0. The van der Waals surface area contributed by atoms with Gasteiger partial charge in [-0.1, -0.05) is 0 Å². The van der Waals surface area contributed by atoms with Crippen LogP contribution in [0.5, 0.6) is 0 Å². The van der Waals surface area contributed by atoms with Crippen molar-refractivity contribution >= 4 is 0 Å². The first kappa shape index (κ1) is 9.40. The molecule has 2 N–H and O–H groups in total. The molecule has 3 nitrogen and oxygen atoms in total. The smallest absolute Gasteiger partial charge is 0.253 e. The summed E-state index contributed by atoms with van der Waals surface area (Å²) in [5.41, 5.74) is 2.93. The molecule has 0 aromatic carbocycles. The van der Waals surface area contributed by atoms with E-state index in [0.717, 1.165) is 6.42 Å². The standard InChI is InChI=1S/C12H19N3/c1-2-8-15(7-1)9-6-12-13-10-4-3-5-11(10)14-12/h1-9H2,(H,13,14)/p+1. The Balaban J connectivity index is 1.57. The number of aryl methyl sites for hydroxylation is 2. The molecule has 82 valence electrons. The molecule has 1 fully saturated rings. The van der Waals surface area contributed by atoms with Crippen LogP contribution in [0.25, 0.3) is 0 Å². The molecule has 2 aliphatic rings. The summed E-state index contributed by atoms with van der Waals surface area (Å²) < 4.78 is 0. The maximum absolute atomic E-state index is 3.54. The summed E-state index contributed by atoms with van der Waals surface area (Å²) in [7, 11) is 0. The van der Waals surface area contributed by atoms with E-state index in [-0.39, 0.29) is 0 Å². The number of aromatic amines is 2. The Kier molecular flexibility index (Phi) is 2.49. The fraction of sp³-hybridized carbons (Fsp3) is 0.750. The molecule has 1 aromatic rings. The minimum Gasteiger partial charge on any atom is -0.303 e. The topological polar surface area (TPSA) is 33.2 Å². The molecule has 0 spiro atoms. The summed E-state index contributed by atoms with van der Waals surface area (Å²) >= 11 is 0. The second-order valence-electron chi connectivity index (χ2n) is 4.84. The van der Waals surface area contributed by atoms with E-state index in [1.165, 1.54) is 69.0 Å². The van der Waals surface area contributed by atoms with Gasteiger partial charge in [-0.15, -0.1) is 0 Å². The van der Waals surface area contributed by atoms with Crippen LogP contribution in [0.1, 0.15) is 36.5 Å². The molecule has 1 saturated heterocycles. The maximum atomic E-state index is 3.54. The summed E-state index contributed by atoms with van der Waals surface area (Å²) in [6.45, 7) is 3.83. The summed E-state index contributed by atoms with van der Waals surface area (Å²) in [6.07, 6.45) is 7.76. The quantitative estimate of drug-likeness (QED) is 0.785. The van der Waals surface area contributed by atoms with E-state index in [9.17, 15) is 0 Å². The molecule has 0 unspecified atom stereocenters. The largest absolute Gasteiger partial charge is 0.303 e. The molecule has 2 heterocycles. The zero-order valence-corrected chi connectivity index (χ0v) is 9.31. The highest BCUT2D eigenvalue weighted by Gasteiger charge is 2.22. The van der Waals surface area contributed by atoms with E-state index >= 15 is 0 Å². The van der Waals surface area contributed by atoms with Crippen LogP contribution in [-0.4, -0.2) is 29.5 Å². The molecule has 0 amide bonds. The third-order valence-corrected chi connectivity index (χ3v) is 3.70. The van der Waals surface area contributed by atoms with Crippen molar-refractivity contribution in [1.29, 1.82) is 0 Å². The van der Waals surface area contributed by atoms with E-state index in [2.05, 4.69) is 14.9 Å². The summed E-state index contributed by atoms with van der Waals surface area (Å²) in [4.78, 5) is 9.64. The lowest BCUT2D eigenvalue weighted by Gasteiger charge is -2.11. The van der Waals surface area contributed by atoms with Crippen molar-refractivity contribution in [2.24, 2.45) is 0 Å². The van der Waals surface area contributed by atoms with Gasteiger partial charge in [-0.05, 0) is 32.4 Å². The second-order valence-corrected chi connectivity index (χ2v) is 4.84. The van der Waals surface area contributed by atoms with Crippen LogP contribution in [0.2, 0.25) is 0 Å². The third kappa shape index (κ3) is 1.93. The van der Waals surface area contributed by atoms with Gasteiger partial charge in [0.15, 0.2) is 0 Å². The predicted octanol–water partition coefficient (Wildman–Crippen LogP) is 0.956. The first-order chi connectivity index (χ1) is 7.42. The van der Waals surface area contributed by atoms with Crippen LogP contribution in [-0.2, 0) is 19.3 Å². The first-order valence-electron chi connectivity index (χ1n) is 6.26. The fourth-order valence-electron chi connectivity index (χ4n) is 2.82. The van der Waals surface area contributed by atoms with Crippen molar-refractivity contribution in [3.05, 3.63) is 17.2 Å². The van der Waals surface area contributed by atoms with Crippen LogP contribution < -0.4 is 4.98 Å². The van der Waals surface area contributed by atoms with Crippen LogP contribution in [0.15, 0.2) is 0 Å². The maximum Gasteiger partial charge on any atom is 0.253 e. The molecule has 3 heteroatoms. The average Bonchev–Trinajstić information content (AvgIpc) is 2.91. The van der Waals surface area contributed by atoms with Gasteiger partial charge in [-0.25, -0.2) is 9.97 Å². The Morgan fingerprint density at radius 1 is 1.13 bits per heavy atom. The number of aromatic nitrogens is 2. The molecule has 3 rings (SSSR count). The highest BCUT2D eigenvalue weighted by molar-refractivity contribution is 5.13. The summed E-state index contributed by atoms with van der Waals surface area (Å²) in [5, 5.41) is 0. The lowest BCUT2D eigenvalue weighted by Crippen LogP contribution is -2.24. The number of hydrogen-bond donors (Lipinski definition) is 1. The Morgan fingerprint density at radius 2 is 2.00 bits per heavy atom. The number of H-pyrrole nitrogens is 2. The van der Waals surface area contributed by atoms with Crippen molar-refractivity contribution in [2.75, 3.05) is 19.6 Å². The molecule has 0 atom stereocenters. The molecule has 15 heavy (non-hydrogen) atoms. The minimum absolute atomic E-state index is 1.16. The minimum atomic E-state index is 1.16. The molecular formula is C12H20N3+. The van der Waals surface area contributed by atoms with Crippen LogP contribution in [0.3, 0.4) is 0 Å². The van der Waals surface area contributed by atoms with E-state index in [4.69, 9.17) is 0 Å². The predicted molar refractivity (Wildman–Crippen MR) is 58.8 cm³/mol. The van der Waals surface area contributed by atoms with Crippen LogP contribution in [0, 0.1) is 0 Å². The average molecular weight is 206 g/mol. The normalized spacial score (nSPS) is 21.1. The van der Waals surface area contributed by atoms with E-state index in [1.807, 2.05) is 0 Å². The Labute approximate surface area is 90.9 Å². The van der Waals surface area contributed by atoms with Gasteiger partial charge in [-0.3, -0.25) is 0 Å². The SMILES string of the molecule is C1Cc2[nH]c(CCN3CCCC3)[nH+]c2C1. The molecular weight excluding hydrogens is 186 g/mol. The van der Waals surface area contributed by atoms with Crippen molar-refractivity contribution in [3.63, 3.8) is 0 Å². The monoisotopic (exact) mass is 206 g/mol. The Morgan fingerprint density at radius 3 is 2.80 bits per heavy atom. The molecule has 0 saturated carbocycles. The van der Waals surface area contributed by atoms with Crippen LogP contribution in [0.4, 0.5) is 0 Å². The van der Waals surface area contributed by atoms with Gasteiger partial charge >= 0.3 is 0 Å². The molecule has 1 aliphatic heterocycles. The van der Waals surface area contributed by atoms with E-state index in [1.54, 1.807) is 0 Å². The van der Waals surface area contributed by atoms with Crippen molar-refractivity contribution in [1.82, 2.24) is 9.88 Å². The molecule has 0 radical (unpaired) electrons. The third-order valence-electron chi connectivity index (χ3n) is 3.70. The van der Waals surface area contributed by atoms with Gasteiger partial charge in [0, 0.05) is 19.4 Å². The van der Waals surface area contributed by atoms with Gasteiger partial charge in [0.25, 0.3) is 5.82 Å². The number of hydrogen-bond acceptors (Lipinski definition) is 1. The Hall–Kier alpha value is -0.830. The van der Waals surface area contributed by atoms with Crippen molar-refractivity contribution in [2.45, 2.75) is 38.5 Å². The van der Waals surface area contributed by atoms with Gasteiger partial charge in [0.05, 0.1) is 6.42 Å². The van der Waals surface area contributed by atoms with Gasteiger partial charge in [-0.2, -0.15) is 0 Å². The summed E-state index contributed by atoms with van der Waals surface area (Å²) in [5.74, 6) is 1.34. The lowest BCUT2D eigenvalue weighted by atomic mass is 10.3. The molecule has 1 aromatic heterocycles. The molecule has 1 aliphatic carbocycles. The zero-order valence-electron chi connectivity index (χ0n) is 9.31.